The Bertz CT molecular complexity index is 595. The summed E-state index contributed by atoms with van der Waals surface area (Å²) in [5.74, 6) is 0. The molecule has 3 rings (SSSR count). The molecule has 96 valence electrons. The van der Waals surface area contributed by atoms with Gasteiger partial charge in [-0.15, -0.1) is 0 Å². The van der Waals surface area contributed by atoms with Crippen molar-refractivity contribution in [1.29, 1.82) is 0 Å². The fourth-order valence-electron chi connectivity index (χ4n) is 2.58. The van der Waals surface area contributed by atoms with E-state index < -0.39 is 0 Å². The molecular weight excluding hydrogens is 252 g/mol. The molecule has 1 aliphatic heterocycles. The fourth-order valence-corrected chi connectivity index (χ4v) is 2.98. The van der Waals surface area contributed by atoms with E-state index in [1.165, 1.54) is 11.3 Å². The molecule has 0 bridgehead atoms. The van der Waals surface area contributed by atoms with E-state index >= 15 is 0 Å². The van der Waals surface area contributed by atoms with Crippen molar-refractivity contribution in [1.82, 2.24) is 0 Å². The number of fused-ring (bicyclic) bond motifs is 1. The zero-order chi connectivity index (χ0) is 13.2. The van der Waals surface area contributed by atoms with Crippen molar-refractivity contribution >= 4 is 28.7 Å². The highest BCUT2D eigenvalue weighted by Gasteiger charge is 2.28. The minimum absolute atomic E-state index is 0.404. The van der Waals surface area contributed by atoms with Crippen molar-refractivity contribution in [2.45, 2.75) is 19.4 Å². The minimum Gasteiger partial charge on any atom is -0.332 e. The summed E-state index contributed by atoms with van der Waals surface area (Å²) in [5.41, 5.74) is 3.62. The Morgan fingerprint density at radius 3 is 2.58 bits per heavy atom. The van der Waals surface area contributed by atoms with Crippen LogP contribution in [0, 0.1) is 0 Å². The third-order valence-electron chi connectivity index (χ3n) is 3.45. The Hall–Kier alpha value is -1.87. The van der Waals surface area contributed by atoms with Crippen LogP contribution in [0.4, 0.5) is 11.4 Å². The van der Waals surface area contributed by atoms with Gasteiger partial charge in [0.25, 0.3) is 0 Å². The predicted molar refractivity (Wildman–Crippen MR) is 84.7 cm³/mol. The molecule has 0 radical (unpaired) electrons. The number of anilines is 2. The van der Waals surface area contributed by atoms with Gasteiger partial charge in [0.2, 0.25) is 0 Å². The summed E-state index contributed by atoms with van der Waals surface area (Å²) in [7, 11) is 0. The van der Waals surface area contributed by atoms with Crippen molar-refractivity contribution in [3.05, 3.63) is 60.2 Å². The van der Waals surface area contributed by atoms with Gasteiger partial charge in [-0.25, -0.2) is 0 Å². The zero-order valence-electron chi connectivity index (χ0n) is 10.8. The zero-order valence-corrected chi connectivity index (χ0v) is 11.7. The van der Waals surface area contributed by atoms with Crippen LogP contribution in [0.15, 0.2) is 54.6 Å². The highest BCUT2D eigenvalue weighted by Crippen LogP contribution is 2.32. The Balaban J connectivity index is 1.84. The lowest BCUT2D eigenvalue weighted by molar-refractivity contribution is 0.776. The van der Waals surface area contributed by atoms with Gasteiger partial charge in [0.15, 0.2) is 5.11 Å². The maximum absolute atomic E-state index is 5.56. The number of rotatable bonds is 1. The molecule has 0 saturated carbocycles. The number of hydrogen-bond donors (Lipinski definition) is 1. The average Bonchev–Trinajstić information content (AvgIpc) is 2.75. The van der Waals surface area contributed by atoms with Crippen molar-refractivity contribution < 1.29 is 0 Å². The Morgan fingerprint density at radius 2 is 1.79 bits per heavy atom. The Morgan fingerprint density at radius 1 is 1.11 bits per heavy atom. The molecule has 0 aliphatic carbocycles. The first-order chi connectivity index (χ1) is 9.25. The third kappa shape index (κ3) is 2.34. The van der Waals surface area contributed by atoms with Gasteiger partial charge >= 0.3 is 0 Å². The maximum Gasteiger partial charge on any atom is 0.178 e. The number of para-hydroxylation sites is 2. The SMILES string of the molecule is CC1Cc2ccccc2N1C(=S)Nc1ccccc1. The van der Waals surface area contributed by atoms with Crippen LogP contribution in [0.1, 0.15) is 12.5 Å². The van der Waals surface area contributed by atoms with Crippen molar-refractivity contribution in [2.24, 2.45) is 0 Å². The summed E-state index contributed by atoms with van der Waals surface area (Å²) < 4.78 is 0. The molecule has 0 amide bonds. The summed E-state index contributed by atoms with van der Waals surface area (Å²) in [6.45, 7) is 2.21. The smallest absolute Gasteiger partial charge is 0.178 e. The molecular formula is C16H16N2S. The van der Waals surface area contributed by atoms with E-state index in [9.17, 15) is 0 Å². The van der Waals surface area contributed by atoms with E-state index in [0.717, 1.165) is 17.2 Å². The highest BCUT2D eigenvalue weighted by molar-refractivity contribution is 7.80. The molecule has 2 aromatic carbocycles. The molecule has 2 aromatic rings. The van der Waals surface area contributed by atoms with Gasteiger partial charge in [0.05, 0.1) is 0 Å². The van der Waals surface area contributed by atoms with Crippen LogP contribution in [0.2, 0.25) is 0 Å². The van der Waals surface area contributed by atoms with Crippen LogP contribution >= 0.6 is 12.2 Å². The summed E-state index contributed by atoms with van der Waals surface area (Å²) in [6, 6.07) is 18.9. The number of benzene rings is 2. The lowest BCUT2D eigenvalue weighted by Crippen LogP contribution is -2.38. The highest BCUT2D eigenvalue weighted by atomic mass is 32.1. The lowest BCUT2D eigenvalue weighted by atomic mass is 10.1. The number of nitrogens with one attached hydrogen (secondary N) is 1. The molecule has 2 nitrogen and oxygen atoms in total. The molecule has 1 N–H and O–H groups in total. The molecule has 1 aliphatic rings. The molecule has 1 atom stereocenters. The number of thiocarbonyl (C=S) groups is 1. The maximum atomic E-state index is 5.56. The van der Waals surface area contributed by atoms with Gasteiger partial charge in [0.1, 0.15) is 0 Å². The quantitative estimate of drug-likeness (QED) is 0.791. The van der Waals surface area contributed by atoms with E-state index in [1.807, 2.05) is 30.3 Å². The summed E-state index contributed by atoms with van der Waals surface area (Å²) >= 11 is 5.56. The molecule has 0 fully saturated rings. The standard InChI is InChI=1S/C16H16N2S/c1-12-11-13-7-5-6-10-15(13)18(12)16(19)17-14-8-3-2-4-9-14/h2-10,12H,11H2,1H3,(H,17,19). The van der Waals surface area contributed by atoms with Gasteiger partial charge in [-0.2, -0.15) is 0 Å². The monoisotopic (exact) mass is 268 g/mol. The van der Waals surface area contributed by atoms with Gasteiger partial charge in [-0.1, -0.05) is 36.4 Å². The van der Waals surface area contributed by atoms with E-state index in [2.05, 4.69) is 41.4 Å². The topological polar surface area (TPSA) is 15.3 Å². The van der Waals surface area contributed by atoms with E-state index in [0.29, 0.717) is 6.04 Å². The van der Waals surface area contributed by atoms with Gasteiger partial charge in [-0.3, -0.25) is 0 Å². The molecule has 1 unspecified atom stereocenters. The molecule has 3 heteroatoms. The number of nitrogens with zero attached hydrogens (tertiary/aromatic N) is 1. The largest absolute Gasteiger partial charge is 0.332 e. The first-order valence-corrected chi connectivity index (χ1v) is 6.89. The second kappa shape index (κ2) is 5.02. The summed E-state index contributed by atoms with van der Waals surface area (Å²) in [6.07, 6.45) is 1.05. The fraction of sp³-hybridized carbons (Fsp3) is 0.188. The predicted octanol–water partition coefficient (Wildman–Crippen LogP) is 3.83. The van der Waals surface area contributed by atoms with Crippen LogP contribution in [0.25, 0.3) is 0 Å². The molecule has 0 spiro atoms. The van der Waals surface area contributed by atoms with Crippen LogP contribution in [-0.2, 0) is 6.42 Å². The second-order valence-corrected chi connectivity index (χ2v) is 5.23. The van der Waals surface area contributed by atoms with Crippen LogP contribution in [0.5, 0.6) is 0 Å². The normalized spacial score (nSPS) is 17.1. The van der Waals surface area contributed by atoms with Gasteiger partial charge in [-0.05, 0) is 49.3 Å². The van der Waals surface area contributed by atoms with Crippen molar-refractivity contribution in [3.63, 3.8) is 0 Å². The second-order valence-electron chi connectivity index (χ2n) is 4.85. The summed E-state index contributed by atoms with van der Waals surface area (Å²) in [4.78, 5) is 2.21. The lowest BCUT2D eigenvalue weighted by Gasteiger charge is -2.26. The third-order valence-corrected chi connectivity index (χ3v) is 3.75. The van der Waals surface area contributed by atoms with Crippen LogP contribution in [0.3, 0.4) is 0 Å². The van der Waals surface area contributed by atoms with E-state index in [-0.39, 0.29) is 0 Å². The first-order valence-electron chi connectivity index (χ1n) is 6.49. The van der Waals surface area contributed by atoms with Crippen LogP contribution < -0.4 is 10.2 Å². The Kier molecular flexibility index (Phi) is 3.22. The Labute approximate surface area is 119 Å². The molecule has 19 heavy (non-hydrogen) atoms. The van der Waals surface area contributed by atoms with Gasteiger partial charge < -0.3 is 10.2 Å². The molecule has 1 heterocycles. The van der Waals surface area contributed by atoms with E-state index in [1.54, 1.807) is 0 Å². The minimum atomic E-state index is 0.404. The first kappa shape index (κ1) is 12.2. The molecule has 0 saturated heterocycles. The van der Waals surface area contributed by atoms with E-state index in [4.69, 9.17) is 12.2 Å². The summed E-state index contributed by atoms with van der Waals surface area (Å²) in [5, 5.41) is 4.08. The number of hydrogen-bond acceptors (Lipinski definition) is 1. The van der Waals surface area contributed by atoms with Crippen molar-refractivity contribution in [3.8, 4) is 0 Å². The van der Waals surface area contributed by atoms with Crippen LogP contribution in [-0.4, -0.2) is 11.2 Å². The average molecular weight is 268 g/mol. The van der Waals surface area contributed by atoms with Crippen molar-refractivity contribution in [2.75, 3.05) is 10.2 Å². The van der Waals surface area contributed by atoms with Gasteiger partial charge in [0, 0.05) is 17.4 Å². The molecule has 0 aromatic heterocycles.